The summed E-state index contributed by atoms with van der Waals surface area (Å²) in [4.78, 5) is 10.5. The molecule has 0 aliphatic rings. The predicted octanol–water partition coefficient (Wildman–Crippen LogP) is 5.05. The molecule has 0 radical (unpaired) electrons. The lowest BCUT2D eigenvalue weighted by Gasteiger charge is -2.23. The van der Waals surface area contributed by atoms with Gasteiger partial charge >= 0.3 is 0 Å². The van der Waals surface area contributed by atoms with Crippen molar-refractivity contribution >= 4 is 17.3 Å². The second-order valence-electron chi connectivity index (χ2n) is 5.26. The molecule has 0 bridgehead atoms. The smallest absolute Gasteiger partial charge is 0.269 e. The molecule has 0 aliphatic heterocycles. The molecule has 2 aromatic carbocycles. The third-order valence-corrected chi connectivity index (χ3v) is 3.93. The third kappa shape index (κ3) is 4.06. The van der Waals surface area contributed by atoms with Gasteiger partial charge in [-0.2, -0.15) is 0 Å². The molecule has 5 heteroatoms. The first-order valence-electron chi connectivity index (χ1n) is 7.27. The van der Waals surface area contributed by atoms with Crippen LogP contribution in [0.25, 0.3) is 0 Å². The molecule has 0 aromatic heterocycles. The molecular formula is C17H19ClN2O2. The standard InChI is InChI=1S/C17H19ClN2O2/c1-3-17(14-7-4-8-15(18)10-14)19-12(2)13-6-5-9-16(11-13)20(21)22/h4-12,17,19H,3H2,1-2H3. The van der Waals surface area contributed by atoms with E-state index in [4.69, 9.17) is 11.6 Å². The van der Waals surface area contributed by atoms with E-state index in [1.54, 1.807) is 12.1 Å². The molecule has 22 heavy (non-hydrogen) atoms. The SMILES string of the molecule is CCC(NC(C)c1cccc([N+](=O)[O-])c1)c1cccc(Cl)c1. The van der Waals surface area contributed by atoms with Gasteiger partial charge in [0.05, 0.1) is 4.92 Å². The first-order chi connectivity index (χ1) is 10.5. The number of benzene rings is 2. The van der Waals surface area contributed by atoms with Crippen LogP contribution in [0, 0.1) is 10.1 Å². The Hall–Kier alpha value is -1.91. The Balaban J connectivity index is 2.17. The summed E-state index contributed by atoms with van der Waals surface area (Å²) in [7, 11) is 0. The third-order valence-electron chi connectivity index (χ3n) is 3.69. The lowest BCUT2D eigenvalue weighted by atomic mass is 10.0. The molecule has 0 saturated heterocycles. The van der Waals surface area contributed by atoms with E-state index in [9.17, 15) is 10.1 Å². The molecule has 2 unspecified atom stereocenters. The maximum atomic E-state index is 10.9. The van der Waals surface area contributed by atoms with E-state index < -0.39 is 0 Å². The van der Waals surface area contributed by atoms with E-state index in [1.807, 2.05) is 37.3 Å². The molecule has 0 fully saturated rings. The van der Waals surface area contributed by atoms with E-state index in [2.05, 4.69) is 12.2 Å². The van der Waals surface area contributed by atoms with Gasteiger partial charge in [0.2, 0.25) is 0 Å². The molecule has 0 spiro atoms. The van der Waals surface area contributed by atoms with Crippen molar-refractivity contribution in [1.82, 2.24) is 5.32 Å². The second-order valence-corrected chi connectivity index (χ2v) is 5.69. The van der Waals surface area contributed by atoms with Crippen molar-refractivity contribution in [3.63, 3.8) is 0 Å². The van der Waals surface area contributed by atoms with Crippen LogP contribution < -0.4 is 5.32 Å². The number of nitro groups is 1. The van der Waals surface area contributed by atoms with Crippen molar-refractivity contribution in [2.24, 2.45) is 0 Å². The monoisotopic (exact) mass is 318 g/mol. The Morgan fingerprint density at radius 3 is 2.50 bits per heavy atom. The molecule has 4 nitrogen and oxygen atoms in total. The van der Waals surface area contributed by atoms with Gasteiger partial charge in [0, 0.05) is 29.2 Å². The summed E-state index contributed by atoms with van der Waals surface area (Å²) >= 11 is 6.05. The first kappa shape index (κ1) is 16.5. The van der Waals surface area contributed by atoms with Crippen LogP contribution in [0.4, 0.5) is 5.69 Å². The molecule has 2 rings (SSSR count). The summed E-state index contributed by atoms with van der Waals surface area (Å²) in [5.41, 5.74) is 2.13. The Labute approximate surface area is 135 Å². The minimum atomic E-state index is -0.371. The van der Waals surface area contributed by atoms with E-state index in [0.717, 1.165) is 17.5 Å². The lowest BCUT2D eigenvalue weighted by Crippen LogP contribution is -2.24. The minimum absolute atomic E-state index is 0.00355. The highest BCUT2D eigenvalue weighted by Crippen LogP contribution is 2.25. The zero-order valence-electron chi connectivity index (χ0n) is 12.6. The number of hydrogen-bond donors (Lipinski definition) is 1. The number of nitro benzene ring substituents is 1. The Morgan fingerprint density at radius 1 is 1.18 bits per heavy atom. The van der Waals surface area contributed by atoms with Gasteiger partial charge in [0.15, 0.2) is 0 Å². The molecule has 0 aliphatic carbocycles. The number of hydrogen-bond acceptors (Lipinski definition) is 3. The summed E-state index contributed by atoms with van der Waals surface area (Å²) < 4.78 is 0. The van der Waals surface area contributed by atoms with Crippen molar-refractivity contribution in [3.8, 4) is 0 Å². The molecule has 1 N–H and O–H groups in total. The van der Waals surface area contributed by atoms with E-state index >= 15 is 0 Å². The molecular weight excluding hydrogens is 300 g/mol. The summed E-state index contributed by atoms with van der Waals surface area (Å²) in [6, 6.07) is 14.6. The fraction of sp³-hybridized carbons (Fsp3) is 0.294. The average molecular weight is 319 g/mol. The van der Waals surface area contributed by atoms with Crippen molar-refractivity contribution in [1.29, 1.82) is 0 Å². The summed E-state index contributed by atoms with van der Waals surface area (Å²) in [5.74, 6) is 0. The molecule has 2 aromatic rings. The van der Waals surface area contributed by atoms with Gasteiger partial charge in [-0.05, 0) is 36.6 Å². The summed E-state index contributed by atoms with van der Waals surface area (Å²) in [6.07, 6.45) is 0.902. The molecule has 0 amide bonds. The molecule has 0 heterocycles. The van der Waals surface area contributed by atoms with Gasteiger partial charge in [-0.15, -0.1) is 0 Å². The zero-order chi connectivity index (χ0) is 16.1. The number of rotatable bonds is 6. The number of nitrogens with one attached hydrogen (secondary N) is 1. The van der Waals surface area contributed by atoms with Crippen LogP contribution >= 0.6 is 11.6 Å². The van der Waals surface area contributed by atoms with Crippen molar-refractivity contribution in [2.75, 3.05) is 0 Å². The maximum absolute atomic E-state index is 10.9. The minimum Gasteiger partial charge on any atom is -0.303 e. The number of non-ortho nitro benzene ring substituents is 1. The predicted molar refractivity (Wildman–Crippen MR) is 89.1 cm³/mol. The van der Waals surface area contributed by atoms with Crippen LogP contribution in [-0.2, 0) is 0 Å². The lowest BCUT2D eigenvalue weighted by molar-refractivity contribution is -0.384. The van der Waals surface area contributed by atoms with Crippen LogP contribution in [0.5, 0.6) is 0 Å². The van der Waals surface area contributed by atoms with Gasteiger partial charge in [-0.1, -0.05) is 42.8 Å². The van der Waals surface area contributed by atoms with Crippen LogP contribution in [0.3, 0.4) is 0 Å². The van der Waals surface area contributed by atoms with E-state index in [1.165, 1.54) is 6.07 Å². The molecule has 0 saturated carbocycles. The highest BCUT2D eigenvalue weighted by Gasteiger charge is 2.16. The maximum Gasteiger partial charge on any atom is 0.269 e. The van der Waals surface area contributed by atoms with Crippen molar-refractivity contribution in [3.05, 3.63) is 74.8 Å². The van der Waals surface area contributed by atoms with Crippen LogP contribution in [0.2, 0.25) is 5.02 Å². The fourth-order valence-electron chi connectivity index (χ4n) is 2.48. The topological polar surface area (TPSA) is 55.2 Å². The van der Waals surface area contributed by atoms with Crippen LogP contribution in [-0.4, -0.2) is 4.92 Å². The largest absolute Gasteiger partial charge is 0.303 e. The summed E-state index contributed by atoms with van der Waals surface area (Å²) in [5, 5.41) is 15.1. The van der Waals surface area contributed by atoms with Gasteiger partial charge in [-0.3, -0.25) is 10.1 Å². The van der Waals surface area contributed by atoms with Crippen molar-refractivity contribution in [2.45, 2.75) is 32.4 Å². The van der Waals surface area contributed by atoms with Crippen molar-refractivity contribution < 1.29 is 4.92 Å². The number of nitrogens with zero attached hydrogens (tertiary/aromatic N) is 1. The zero-order valence-corrected chi connectivity index (χ0v) is 13.4. The van der Waals surface area contributed by atoms with Crippen LogP contribution in [0.15, 0.2) is 48.5 Å². The normalized spacial score (nSPS) is 13.6. The Morgan fingerprint density at radius 2 is 1.86 bits per heavy atom. The Kier molecular flexibility index (Phi) is 5.52. The average Bonchev–Trinajstić information content (AvgIpc) is 2.52. The second kappa shape index (κ2) is 7.38. The molecule has 116 valence electrons. The highest BCUT2D eigenvalue weighted by molar-refractivity contribution is 6.30. The van der Waals surface area contributed by atoms with Gasteiger partial charge in [0.1, 0.15) is 0 Å². The van der Waals surface area contributed by atoms with Crippen LogP contribution in [0.1, 0.15) is 43.5 Å². The summed E-state index contributed by atoms with van der Waals surface area (Å²) in [6.45, 7) is 4.10. The van der Waals surface area contributed by atoms with E-state index in [-0.39, 0.29) is 22.7 Å². The van der Waals surface area contributed by atoms with Gasteiger partial charge < -0.3 is 5.32 Å². The Bertz CT molecular complexity index is 661. The van der Waals surface area contributed by atoms with E-state index in [0.29, 0.717) is 5.02 Å². The number of halogens is 1. The quantitative estimate of drug-likeness (QED) is 0.599. The molecule has 2 atom stereocenters. The van der Waals surface area contributed by atoms with Gasteiger partial charge in [0.25, 0.3) is 5.69 Å². The first-order valence-corrected chi connectivity index (χ1v) is 7.65. The van der Waals surface area contributed by atoms with Gasteiger partial charge in [-0.25, -0.2) is 0 Å². The fourth-order valence-corrected chi connectivity index (χ4v) is 2.68. The highest BCUT2D eigenvalue weighted by atomic mass is 35.5.